The quantitative estimate of drug-likeness (QED) is 0.826. The van der Waals surface area contributed by atoms with Crippen molar-refractivity contribution in [1.82, 2.24) is 0 Å². The molecule has 2 aromatic rings. The van der Waals surface area contributed by atoms with Crippen LogP contribution in [-0.2, 0) is 16.2 Å². The highest BCUT2D eigenvalue weighted by molar-refractivity contribution is 7.92. The smallest absolute Gasteiger partial charge is 0.337 e. The summed E-state index contributed by atoms with van der Waals surface area (Å²) in [6.45, 7) is 3.66. The number of benzene rings is 2. The standard InChI is InChI=1S/C20H21F3N2O2S/c1-13-3-8-18-16(11-13)17-12-24(2)10-9-19(17)25(18)28(26,27)15-6-4-14(5-7-15)20(21,22)23/h3-8,11,17,19H,9-10,12H2,1-2H3/p+1/t17-,19+/m1/s1. The van der Waals surface area contributed by atoms with Crippen molar-refractivity contribution < 1.29 is 26.5 Å². The number of nitrogens with one attached hydrogen (secondary N) is 1. The lowest BCUT2D eigenvalue weighted by molar-refractivity contribution is -0.886. The molecule has 0 radical (unpaired) electrons. The van der Waals surface area contributed by atoms with Gasteiger partial charge in [0.1, 0.15) is 0 Å². The van der Waals surface area contributed by atoms with Gasteiger partial charge in [0.25, 0.3) is 10.0 Å². The van der Waals surface area contributed by atoms with E-state index in [1.54, 1.807) is 0 Å². The Morgan fingerprint density at radius 1 is 1.11 bits per heavy atom. The third-order valence-corrected chi connectivity index (χ3v) is 7.61. The number of likely N-dealkylation sites (N-methyl/N-ethyl adjacent to an activating group) is 1. The topological polar surface area (TPSA) is 41.8 Å². The third kappa shape index (κ3) is 3.08. The maximum Gasteiger partial charge on any atom is 0.416 e. The molecule has 150 valence electrons. The number of fused-ring (bicyclic) bond motifs is 3. The van der Waals surface area contributed by atoms with Crippen molar-refractivity contribution in [3.8, 4) is 0 Å². The summed E-state index contributed by atoms with van der Waals surface area (Å²) in [5, 5.41) is 0. The van der Waals surface area contributed by atoms with Gasteiger partial charge in [-0.1, -0.05) is 17.7 Å². The lowest BCUT2D eigenvalue weighted by Crippen LogP contribution is -3.11. The minimum Gasteiger partial charge on any atom is -0.337 e. The molecule has 2 heterocycles. The van der Waals surface area contributed by atoms with Crippen LogP contribution in [0.1, 0.15) is 29.0 Å². The Morgan fingerprint density at radius 3 is 2.43 bits per heavy atom. The van der Waals surface area contributed by atoms with E-state index in [0.717, 1.165) is 48.5 Å². The second kappa shape index (κ2) is 6.49. The summed E-state index contributed by atoms with van der Waals surface area (Å²) in [5.41, 5.74) is 1.87. The van der Waals surface area contributed by atoms with Gasteiger partial charge in [-0.05, 0) is 42.8 Å². The number of hydrogen-bond donors (Lipinski definition) is 1. The highest BCUT2D eigenvalue weighted by atomic mass is 32.2. The van der Waals surface area contributed by atoms with E-state index in [4.69, 9.17) is 0 Å². The molecule has 8 heteroatoms. The van der Waals surface area contributed by atoms with Crippen molar-refractivity contribution >= 4 is 15.7 Å². The van der Waals surface area contributed by atoms with E-state index < -0.39 is 21.8 Å². The molecule has 4 rings (SSSR count). The van der Waals surface area contributed by atoms with Crippen molar-refractivity contribution in [2.75, 3.05) is 24.4 Å². The van der Waals surface area contributed by atoms with Crippen molar-refractivity contribution in [2.45, 2.75) is 36.4 Å². The first-order valence-electron chi connectivity index (χ1n) is 9.22. The Hall–Kier alpha value is -2.06. The molecule has 1 saturated heterocycles. The first-order valence-corrected chi connectivity index (χ1v) is 10.7. The highest BCUT2D eigenvalue weighted by Crippen LogP contribution is 2.46. The number of sulfonamides is 1. The van der Waals surface area contributed by atoms with E-state index in [-0.39, 0.29) is 16.9 Å². The van der Waals surface area contributed by atoms with Crippen LogP contribution in [0.15, 0.2) is 47.4 Å². The zero-order chi connectivity index (χ0) is 20.3. The predicted molar refractivity (Wildman–Crippen MR) is 100 cm³/mol. The van der Waals surface area contributed by atoms with Crippen molar-refractivity contribution in [1.29, 1.82) is 0 Å². The lowest BCUT2D eigenvalue weighted by atomic mass is 9.89. The average Bonchev–Trinajstić information content (AvgIpc) is 2.95. The number of quaternary nitrogens is 1. The van der Waals surface area contributed by atoms with Crippen molar-refractivity contribution in [2.24, 2.45) is 0 Å². The fourth-order valence-electron chi connectivity index (χ4n) is 4.39. The summed E-state index contributed by atoms with van der Waals surface area (Å²) in [4.78, 5) is 1.24. The van der Waals surface area contributed by atoms with Crippen LogP contribution in [-0.4, -0.2) is 34.6 Å². The van der Waals surface area contributed by atoms with E-state index in [9.17, 15) is 21.6 Å². The summed E-state index contributed by atoms with van der Waals surface area (Å²) >= 11 is 0. The van der Waals surface area contributed by atoms with Crippen molar-refractivity contribution in [3.05, 3.63) is 59.2 Å². The van der Waals surface area contributed by atoms with Gasteiger partial charge >= 0.3 is 6.18 Å². The number of anilines is 1. The average molecular weight is 411 g/mol. The van der Waals surface area contributed by atoms with Gasteiger partial charge in [0.15, 0.2) is 0 Å². The molecule has 28 heavy (non-hydrogen) atoms. The lowest BCUT2D eigenvalue weighted by Gasteiger charge is -2.34. The maximum absolute atomic E-state index is 13.4. The van der Waals surface area contributed by atoms with Crippen LogP contribution < -0.4 is 9.21 Å². The Labute approximate surface area is 162 Å². The van der Waals surface area contributed by atoms with Crippen molar-refractivity contribution in [3.63, 3.8) is 0 Å². The maximum atomic E-state index is 13.4. The van der Waals surface area contributed by atoms with Gasteiger partial charge in [-0.25, -0.2) is 8.42 Å². The van der Waals surface area contributed by atoms with Crippen LogP contribution in [0.4, 0.5) is 18.9 Å². The predicted octanol–water partition coefficient (Wildman–Crippen LogP) is 2.59. The fraction of sp³-hybridized carbons (Fsp3) is 0.400. The number of alkyl halides is 3. The van der Waals surface area contributed by atoms with Gasteiger partial charge in [-0.2, -0.15) is 13.2 Å². The van der Waals surface area contributed by atoms with Crippen LogP contribution in [0.2, 0.25) is 0 Å². The van der Waals surface area contributed by atoms with E-state index in [0.29, 0.717) is 12.1 Å². The molecule has 0 spiro atoms. The van der Waals surface area contributed by atoms with Crippen LogP contribution in [0.25, 0.3) is 0 Å². The van der Waals surface area contributed by atoms with Crippen LogP contribution >= 0.6 is 0 Å². The first kappa shape index (κ1) is 19.3. The zero-order valence-electron chi connectivity index (χ0n) is 15.6. The molecule has 1 unspecified atom stereocenters. The fourth-order valence-corrected chi connectivity index (χ4v) is 6.14. The van der Waals surface area contributed by atoms with E-state index >= 15 is 0 Å². The SMILES string of the molecule is Cc1ccc2c(c1)[C@H]1C[NH+](C)CC[C@@H]1N2S(=O)(=O)c1ccc(C(F)(F)F)cc1. The first-order chi connectivity index (χ1) is 13.1. The van der Waals surface area contributed by atoms with E-state index in [1.165, 1.54) is 9.21 Å². The van der Waals surface area contributed by atoms with Crippen LogP contribution in [0, 0.1) is 6.92 Å². The number of rotatable bonds is 2. The molecule has 0 aliphatic carbocycles. The number of likely N-dealkylation sites (tertiary alicyclic amines) is 1. The summed E-state index contributed by atoms with van der Waals surface area (Å²) < 4.78 is 66.8. The highest BCUT2D eigenvalue weighted by Gasteiger charge is 2.48. The molecule has 0 aromatic heterocycles. The molecule has 2 aliphatic rings. The zero-order valence-corrected chi connectivity index (χ0v) is 16.4. The van der Waals surface area contributed by atoms with Gasteiger partial charge in [0, 0.05) is 6.42 Å². The molecule has 0 amide bonds. The number of halogens is 3. The van der Waals surface area contributed by atoms with Gasteiger partial charge in [0.2, 0.25) is 0 Å². The van der Waals surface area contributed by atoms with Crippen LogP contribution in [0.5, 0.6) is 0 Å². The van der Waals surface area contributed by atoms with Gasteiger partial charge in [-0.15, -0.1) is 0 Å². The second-order valence-corrected chi connectivity index (χ2v) is 9.57. The number of aryl methyl sites for hydroxylation is 1. The molecular weight excluding hydrogens is 389 g/mol. The number of piperidine rings is 1. The minimum atomic E-state index is -4.50. The summed E-state index contributed by atoms with van der Waals surface area (Å²) in [6.07, 6.45) is -3.79. The summed E-state index contributed by atoms with van der Waals surface area (Å²) in [6, 6.07) is 9.30. The van der Waals surface area contributed by atoms with Gasteiger partial charge < -0.3 is 4.90 Å². The molecule has 0 bridgehead atoms. The molecule has 4 nitrogen and oxygen atoms in total. The number of hydrogen-bond acceptors (Lipinski definition) is 2. The largest absolute Gasteiger partial charge is 0.416 e. The molecule has 3 atom stereocenters. The third-order valence-electron chi connectivity index (χ3n) is 5.76. The molecule has 0 saturated carbocycles. The normalized spacial score (nSPS) is 24.8. The minimum absolute atomic E-state index is 0.0906. The van der Waals surface area contributed by atoms with Gasteiger partial charge in [-0.3, -0.25) is 4.31 Å². The molecule has 1 N–H and O–H groups in total. The second-order valence-electron chi connectivity index (χ2n) is 7.76. The van der Waals surface area contributed by atoms with E-state index in [2.05, 4.69) is 7.05 Å². The Balaban J connectivity index is 1.79. The summed E-state index contributed by atoms with van der Waals surface area (Å²) in [7, 11) is -1.86. The van der Waals surface area contributed by atoms with Gasteiger partial charge in [0.05, 0.1) is 48.2 Å². The van der Waals surface area contributed by atoms with Crippen LogP contribution in [0.3, 0.4) is 0 Å². The Kier molecular flexibility index (Phi) is 4.46. The number of nitrogens with zero attached hydrogens (tertiary/aromatic N) is 1. The Morgan fingerprint density at radius 2 is 1.79 bits per heavy atom. The summed E-state index contributed by atoms with van der Waals surface area (Å²) in [5.74, 6) is 0.0906. The molecule has 1 fully saturated rings. The molecular formula is C20H22F3N2O2S+. The molecule has 2 aliphatic heterocycles. The van der Waals surface area contributed by atoms with E-state index in [1.807, 2.05) is 25.1 Å². The monoisotopic (exact) mass is 411 g/mol. The Bertz CT molecular complexity index is 1000. The molecule has 2 aromatic carbocycles.